The van der Waals surface area contributed by atoms with Crippen molar-refractivity contribution in [1.29, 1.82) is 0 Å². The summed E-state index contributed by atoms with van der Waals surface area (Å²) in [6.45, 7) is 6.17. The molecule has 0 radical (unpaired) electrons. The van der Waals surface area contributed by atoms with Crippen LogP contribution in [0.15, 0.2) is 53.5 Å². The maximum atomic E-state index is 13.2. The third kappa shape index (κ3) is 4.70. The molecule has 3 atom stereocenters. The molecular weight excluding hydrogens is 442 g/mol. The summed E-state index contributed by atoms with van der Waals surface area (Å²) in [6, 6.07) is 12.7. The number of aromatic amines is 1. The third-order valence-electron chi connectivity index (χ3n) is 7.36. The molecular formula is C27H33N5O3. The van der Waals surface area contributed by atoms with E-state index in [4.69, 9.17) is 0 Å². The highest BCUT2D eigenvalue weighted by atomic mass is 16.2. The summed E-state index contributed by atoms with van der Waals surface area (Å²) in [5, 5.41) is 7.16. The van der Waals surface area contributed by atoms with Crippen LogP contribution in [0.2, 0.25) is 0 Å². The van der Waals surface area contributed by atoms with Crippen LogP contribution >= 0.6 is 0 Å². The number of nitrogens with zero attached hydrogens (tertiary/aromatic N) is 2. The van der Waals surface area contributed by atoms with Gasteiger partial charge in [0.2, 0.25) is 5.91 Å². The van der Waals surface area contributed by atoms with Crippen molar-refractivity contribution in [2.75, 3.05) is 19.6 Å². The van der Waals surface area contributed by atoms with Crippen molar-refractivity contribution in [2.24, 2.45) is 11.8 Å². The molecule has 2 aliphatic rings. The number of rotatable bonds is 6. The van der Waals surface area contributed by atoms with Gasteiger partial charge in [0.25, 0.3) is 5.56 Å². The Bertz CT molecular complexity index is 1290. The second kappa shape index (κ2) is 9.60. The largest absolute Gasteiger partial charge is 0.361 e. The van der Waals surface area contributed by atoms with E-state index in [2.05, 4.69) is 21.7 Å². The van der Waals surface area contributed by atoms with Gasteiger partial charge in [-0.3, -0.25) is 9.59 Å². The van der Waals surface area contributed by atoms with Gasteiger partial charge in [-0.1, -0.05) is 38.1 Å². The lowest BCUT2D eigenvalue weighted by molar-refractivity contribution is -0.123. The van der Waals surface area contributed by atoms with Crippen molar-refractivity contribution in [3.8, 4) is 0 Å². The molecule has 0 unspecified atom stereocenters. The average Bonchev–Trinajstić information content (AvgIpc) is 3.26. The highest BCUT2D eigenvalue weighted by Gasteiger charge is 2.37. The van der Waals surface area contributed by atoms with Crippen molar-refractivity contribution < 1.29 is 9.59 Å². The average molecular weight is 476 g/mol. The molecule has 2 aromatic heterocycles. The summed E-state index contributed by atoms with van der Waals surface area (Å²) in [4.78, 5) is 43.5. The van der Waals surface area contributed by atoms with Gasteiger partial charge in [0.15, 0.2) is 0 Å². The van der Waals surface area contributed by atoms with Crippen LogP contribution in [0.3, 0.4) is 0 Å². The number of amides is 3. The highest BCUT2D eigenvalue weighted by Crippen LogP contribution is 2.34. The lowest BCUT2D eigenvalue weighted by Gasteiger charge is -2.43. The fourth-order valence-electron chi connectivity index (χ4n) is 5.59. The molecule has 0 aliphatic carbocycles. The van der Waals surface area contributed by atoms with E-state index in [0.29, 0.717) is 32.6 Å². The van der Waals surface area contributed by atoms with Crippen LogP contribution in [0.25, 0.3) is 10.9 Å². The Morgan fingerprint density at radius 3 is 2.74 bits per heavy atom. The molecule has 35 heavy (non-hydrogen) atoms. The first-order chi connectivity index (χ1) is 16.9. The summed E-state index contributed by atoms with van der Waals surface area (Å²) in [6.07, 6.45) is 3.68. The van der Waals surface area contributed by atoms with E-state index in [1.807, 2.05) is 53.8 Å². The van der Waals surface area contributed by atoms with Gasteiger partial charge in [-0.05, 0) is 42.4 Å². The number of para-hydroxylation sites is 1. The molecule has 3 aromatic rings. The molecule has 2 bridgehead atoms. The second-order valence-corrected chi connectivity index (χ2v) is 10.2. The number of urea groups is 1. The van der Waals surface area contributed by atoms with Gasteiger partial charge >= 0.3 is 6.03 Å². The van der Waals surface area contributed by atoms with Gasteiger partial charge in [0.05, 0.1) is 0 Å². The van der Waals surface area contributed by atoms with E-state index in [1.165, 1.54) is 0 Å². The van der Waals surface area contributed by atoms with Crippen molar-refractivity contribution in [3.63, 3.8) is 0 Å². The van der Waals surface area contributed by atoms with Crippen molar-refractivity contribution in [2.45, 2.75) is 45.2 Å². The van der Waals surface area contributed by atoms with Gasteiger partial charge in [0.1, 0.15) is 6.04 Å². The number of benzene rings is 1. The molecule has 0 saturated carbocycles. The van der Waals surface area contributed by atoms with Gasteiger partial charge in [-0.2, -0.15) is 0 Å². The van der Waals surface area contributed by atoms with E-state index in [9.17, 15) is 14.4 Å². The number of pyridine rings is 1. The minimum atomic E-state index is -0.609. The molecule has 4 heterocycles. The standard InChI is InChI=1S/C27H33N5O3/c1-17(2)25(26(34)28-11-10-19-13-29-22-7-4-3-6-21(19)22)30-27(35)31-14-18-12-20(16-31)23-8-5-9-24(33)32(23)15-18/h3-9,13,17-18,20,25,29H,10-12,14-16H2,1-2H3,(H,28,34)(H,30,35)/t18-,20-,25+/m0/s1. The Morgan fingerprint density at radius 1 is 1.09 bits per heavy atom. The van der Waals surface area contributed by atoms with Crippen LogP contribution in [0.5, 0.6) is 0 Å². The molecule has 1 aromatic carbocycles. The Balaban J connectivity index is 1.19. The van der Waals surface area contributed by atoms with E-state index in [0.717, 1.165) is 28.6 Å². The fraction of sp³-hybridized carbons (Fsp3) is 0.444. The second-order valence-electron chi connectivity index (χ2n) is 10.2. The van der Waals surface area contributed by atoms with Crippen LogP contribution < -0.4 is 16.2 Å². The SMILES string of the molecule is CC(C)[C@@H](NC(=O)N1C[C@@H]2C[C@@H](C1)c1cccc(=O)n1C2)C(=O)NCCc1c[nH]c2ccccc12. The van der Waals surface area contributed by atoms with Crippen molar-refractivity contribution in [1.82, 2.24) is 25.1 Å². The first kappa shape index (κ1) is 23.2. The van der Waals surface area contributed by atoms with Gasteiger partial charge in [0, 0.05) is 61.0 Å². The molecule has 1 fully saturated rings. The monoisotopic (exact) mass is 475 g/mol. The molecule has 3 amide bonds. The molecule has 1 saturated heterocycles. The van der Waals surface area contributed by atoms with Gasteiger partial charge in [-0.25, -0.2) is 4.79 Å². The zero-order chi connectivity index (χ0) is 24.5. The maximum absolute atomic E-state index is 13.2. The van der Waals surface area contributed by atoms with E-state index in [1.54, 1.807) is 12.1 Å². The number of fused-ring (bicyclic) bond motifs is 5. The van der Waals surface area contributed by atoms with Crippen molar-refractivity contribution in [3.05, 3.63) is 70.3 Å². The summed E-state index contributed by atoms with van der Waals surface area (Å²) >= 11 is 0. The molecule has 184 valence electrons. The zero-order valence-electron chi connectivity index (χ0n) is 20.3. The predicted molar refractivity (Wildman–Crippen MR) is 135 cm³/mol. The number of carbonyl (C=O) groups is 2. The number of carbonyl (C=O) groups excluding carboxylic acids is 2. The molecule has 3 N–H and O–H groups in total. The van der Waals surface area contributed by atoms with E-state index >= 15 is 0 Å². The van der Waals surface area contributed by atoms with Crippen LogP contribution in [-0.4, -0.2) is 52.1 Å². The molecule has 5 rings (SSSR count). The topological polar surface area (TPSA) is 99.2 Å². The Morgan fingerprint density at radius 2 is 1.91 bits per heavy atom. The van der Waals surface area contributed by atoms with Crippen LogP contribution in [-0.2, 0) is 17.8 Å². The maximum Gasteiger partial charge on any atom is 0.318 e. The summed E-state index contributed by atoms with van der Waals surface area (Å²) in [5.41, 5.74) is 3.27. The normalized spacial score (nSPS) is 19.9. The first-order valence-corrected chi connectivity index (χ1v) is 12.5. The lowest BCUT2D eigenvalue weighted by Crippen LogP contribution is -2.57. The van der Waals surface area contributed by atoms with E-state index in [-0.39, 0.29) is 35.3 Å². The number of hydrogen-bond donors (Lipinski definition) is 3. The van der Waals surface area contributed by atoms with E-state index < -0.39 is 6.04 Å². The summed E-state index contributed by atoms with van der Waals surface area (Å²) in [7, 11) is 0. The summed E-state index contributed by atoms with van der Waals surface area (Å²) < 4.78 is 1.85. The minimum Gasteiger partial charge on any atom is -0.361 e. The number of aromatic nitrogens is 2. The summed E-state index contributed by atoms with van der Waals surface area (Å²) in [5.74, 6) is 0.178. The number of piperidine rings is 1. The number of H-pyrrole nitrogens is 1. The molecule has 8 heteroatoms. The minimum absolute atomic E-state index is 0.0271. The number of nitrogens with one attached hydrogen (secondary N) is 3. The fourth-order valence-corrected chi connectivity index (χ4v) is 5.59. The lowest BCUT2D eigenvalue weighted by atomic mass is 9.83. The van der Waals surface area contributed by atoms with Crippen LogP contribution in [0.1, 0.15) is 37.4 Å². The Labute approximate surface area is 204 Å². The van der Waals surface area contributed by atoms with Crippen LogP contribution in [0.4, 0.5) is 4.79 Å². The number of likely N-dealkylation sites (tertiary alicyclic amines) is 1. The molecule has 0 spiro atoms. The smallest absolute Gasteiger partial charge is 0.318 e. The quantitative estimate of drug-likeness (QED) is 0.511. The zero-order valence-corrected chi connectivity index (χ0v) is 20.3. The molecule has 2 aliphatic heterocycles. The van der Waals surface area contributed by atoms with Gasteiger partial charge in [-0.15, -0.1) is 0 Å². The third-order valence-corrected chi connectivity index (χ3v) is 7.36. The van der Waals surface area contributed by atoms with Gasteiger partial charge < -0.3 is 25.1 Å². The number of hydrogen-bond acceptors (Lipinski definition) is 3. The molecule has 8 nitrogen and oxygen atoms in total. The van der Waals surface area contributed by atoms with Crippen LogP contribution in [0, 0.1) is 11.8 Å². The first-order valence-electron chi connectivity index (χ1n) is 12.5. The van der Waals surface area contributed by atoms with Crippen molar-refractivity contribution >= 4 is 22.8 Å². The highest BCUT2D eigenvalue weighted by molar-refractivity contribution is 5.87. The predicted octanol–water partition coefficient (Wildman–Crippen LogP) is 2.84. The Hall–Kier alpha value is -3.55. The Kier molecular flexibility index (Phi) is 6.36.